The molecule has 0 saturated heterocycles. The summed E-state index contributed by atoms with van der Waals surface area (Å²) >= 11 is 0. The summed E-state index contributed by atoms with van der Waals surface area (Å²) in [6.07, 6.45) is 7.90. The lowest BCUT2D eigenvalue weighted by Crippen LogP contribution is -2.55. The fourth-order valence-corrected chi connectivity index (χ4v) is 5.53. The zero-order valence-electron chi connectivity index (χ0n) is 28.6. The summed E-state index contributed by atoms with van der Waals surface area (Å²) in [5, 5.41) is 8.04. The molecule has 0 heterocycles. The van der Waals surface area contributed by atoms with E-state index in [4.69, 9.17) is 4.74 Å². The van der Waals surface area contributed by atoms with Gasteiger partial charge in [0.1, 0.15) is 17.7 Å². The zero-order chi connectivity index (χ0) is 33.7. The van der Waals surface area contributed by atoms with Crippen LogP contribution in [0.3, 0.4) is 0 Å². The molecule has 0 fully saturated rings. The van der Waals surface area contributed by atoms with Crippen molar-refractivity contribution in [2.45, 2.75) is 104 Å². The summed E-state index contributed by atoms with van der Waals surface area (Å²) in [6, 6.07) is 19.5. The van der Waals surface area contributed by atoms with E-state index in [1.165, 1.54) is 6.42 Å². The highest BCUT2D eigenvalue weighted by atomic mass is 16.6. The fraction of sp³-hybridized carbons (Fsp3) is 0.462. The maximum absolute atomic E-state index is 14.7. The maximum Gasteiger partial charge on any atom is 0.408 e. The van der Waals surface area contributed by atoms with Crippen LogP contribution >= 0.6 is 0 Å². The Hall–Kier alpha value is -4.13. The Kier molecular flexibility index (Phi) is 13.9. The van der Waals surface area contributed by atoms with Gasteiger partial charge >= 0.3 is 6.09 Å². The van der Waals surface area contributed by atoms with Crippen LogP contribution < -0.4 is 10.6 Å². The summed E-state index contributed by atoms with van der Waals surface area (Å²) < 4.78 is 5.55. The van der Waals surface area contributed by atoms with Gasteiger partial charge < -0.3 is 20.3 Å². The molecule has 0 aromatic heterocycles. The van der Waals surface area contributed by atoms with Crippen LogP contribution in [0.2, 0.25) is 0 Å². The second-order valence-corrected chi connectivity index (χ2v) is 13.1. The number of anilines is 1. The number of amides is 3. The Balaban J connectivity index is 2.05. The van der Waals surface area contributed by atoms with Gasteiger partial charge in [-0.3, -0.25) is 9.59 Å². The molecule has 0 aliphatic carbocycles. The third kappa shape index (κ3) is 10.7. The van der Waals surface area contributed by atoms with Crippen molar-refractivity contribution in [3.63, 3.8) is 0 Å². The average molecular weight is 628 g/mol. The lowest BCUT2D eigenvalue weighted by molar-refractivity contribution is -0.142. The molecule has 0 radical (unpaired) electrons. The molecule has 3 amide bonds. The Bertz CT molecular complexity index is 1460. The minimum Gasteiger partial charge on any atom is -0.444 e. The van der Waals surface area contributed by atoms with Crippen LogP contribution in [0.15, 0.2) is 73.3 Å². The molecule has 248 valence electrons. The number of ether oxygens (including phenoxy) is 1. The molecule has 3 atom stereocenters. The first-order valence-corrected chi connectivity index (χ1v) is 16.8. The summed E-state index contributed by atoms with van der Waals surface area (Å²) in [7, 11) is 0. The van der Waals surface area contributed by atoms with Crippen LogP contribution in [0.1, 0.15) is 104 Å². The molecule has 46 heavy (non-hydrogen) atoms. The molecule has 2 N–H and O–H groups in total. The lowest BCUT2D eigenvalue weighted by atomic mass is 9.95. The Morgan fingerprint density at radius 3 is 2.26 bits per heavy atom. The van der Waals surface area contributed by atoms with Crippen molar-refractivity contribution in [1.82, 2.24) is 10.2 Å². The smallest absolute Gasteiger partial charge is 0.408 e. The monoisotopic (exact) mass is 627 g/mol. The van der Waals surface area contributed by atoms with Gasteiger partial charge in [0.2, 0.25) is 5.91 Å². The van der Waals surface area contributed by atoms with Crippen molar-refractivity contribution >= 4 is 40.4 Å². The number of carbonyl (C=O) groups is 3. The molecular weight excluding hydrogens is 574 g/mol. The van der Waals surface area contributed by atoms with Crippen LogP contribution in [0.5, 0.6) is 0 Å². The van der Waals surface area contributed by atoms with E-state index in [0.717, 1.165) is 48.4 Å². The van der Waals surface area contributed by atoms with E-state index in [9.17, 15) is 14.4 Å². The van der Waals surface area contributed by atoms with Crippen molar-refractivity contribution in [3.8, 4) is 0 Å². The van der Waals surface area contributed by atoms with Gasteiger partial charge in [-0.15, -0.1) is 0 Å². The van der Waals surface area contributed by atoms with Gasteiger partial charge in [0, 0.05) is 12.2 Å². The van der Waals surface area contributed by atoms with Crippen molar-refractivity contribution in [2.75, 3.05) is 11.9 Å². The molecule has 0 bridgehead atoms. The van der Waals surface area contributed by atoms with E-state index < -0.39 is 23.8 Å². The van der Waals surface area contributed by atoms with E-state index in [2.05, 4.69) is 24.1 Å². The first-order chi connectivity index (χ1) is 22.0. The highest BCUT2D eigenvalue weighted by Gasteiger charge is 2.38. The largest absolute Gasteiger partial charge is 0.444 e. The molecule has 3 rings (SSSR count). The minimum absolute atomic E-state index is 0.198. The average Bonchev–Trinajstić information content (AvgIpc) is 3.03. The van der Waals surface area contributed by atoms with Crippen LogP contribution in [0.25, 0.3) is 16.8 Å². The molecule has 0 aliphatic rings. The molecule has 7 nitrogen and oxygen atoms in total. The van der Waals surface area contributed by atoms with Gasteiger partial charge in [-0.25, -0.2) is 4.79 Å². The predicted octanol–water partition coefficient (Wildman–Crippen LogP) is 9.29. The third-order valence-electron chi connectivity index (χ3n) is 8.23. The molecule has 3 aromatic rings. The Morgan fingerprint density at radius 1 is 0.891 bits per heavy atom. The third-order valence-corrected chi connectivity index (χ3v) is 8.23. The lowest BCUT2D eigenvalue weighted by Gasteiger charge is -2.36. The van der Waals surface area contributed by atoms with Crippen molar-refractivity contribution in [1.29, 1.82) is 0 Å². The first kappa shape index (κ1) is 36.3. The van der Waals surface area contributed by atoms with E-state index in [0.29, 0.717) is 24.2 Å². The van der Waals surface area contributed by atoms with E-state index >= 15 is 0 Å². The molecule has 0 saturated carbocycles. The number of hydrogen-bond acceptors (Lipinski definition) is 4. The van der Waals surface area contributed by atoms with Crippen molar-refractivity contribution in [2.24, 2.45) is 5.92 Å². The number of rotatable bonds is 16. The highest BCUT2D eigenvalue weighted by molar-refractivity contribution is 6.00. The standard InChI is InChI=1S/C39H53N3O4/c1-8-11-12-13-14-17-25-42(37(44)34(28(4)9-2)41-38(45)46-39(5,6)7)35(32-22-18-19-29(10-3)26-32)36(43)40-33-24-23-30-20-15-16-21-31(30)27-33/h10,15-16,18-24,26-28,34-35H,3,8-9,11-14,17,25H2,1-2,4-7H3,(H,40,43)(H,41,45). The molecule has 3 aromatic carbocycles. The van der Waals surface area contributed by atoms with Gasteiger partial charge in [-0.05, 0) is 73.2 Å². The molecule has 7 heteroatoms. The number of hydrogen-bond donors (Lipinski definition) is 2. The highest BCUT2D eigenvalue weighted by Crippen LogP contribution is 2.29. The summed E-state index contributed by atoms with van der Waals surface area (Å²) in [5.74, 6) is -0.830. The molecule has 3 unspecified atom stereocenters. The summed E-state index contributed by atoms with van der Waals surface area (Å²) in [6.45, 7) is 15.8. The second-order valence-electron chi connectivity index (χ2n) is 13.1. The molecular formula is C39H53N3O4. The maximum atomic E-state index is 14.7. The number of nitrogens with one attached hydrogen (secondary N) is 2. The van der Waals surface area contributed by atoms with Crippen LogP contribution in [0, 0.1) is 5.92 Å². The number of carbonyl (C=O) groups excluding carboxylic acids is 3. The number of nitrogens with zero attached hydrogens (tertiary/aromatic N) is 1. The SMILES string of the molecule is C=Cc1cccc(C(C(=O)Nc2ccc3ccccc3c2)N(CCCCCCCC)C(=O)C(NC(=O)OC(C)(C)C)C(C)CC)c1. The summed E-state index contributed by atoms with van der Waals surface area (Å²) in [4.78, 5) is 43.7. The van der Waals surface area contributed by atoms with Gasteiger partial charge in [-0.2, -0.15) is 0 Å². The van der Waals surface area contributed by atoms with E-state index in [1.807, 2.05) is 80.6 Å². The van der Waals surface area contributed by atoms with Gasteiger partial charge in [0.25, 0.3) is 5.91 Å². The van der Waals surface area contributed by atoms with Crippen LogP contribution in [-0.2, 0) is 14.3 Å². The molecule has 0 aliphatic heterocycles. The Morgan fingerprint density at radius 2 is 1.59 bits per heavy atom. The quantitative estimate of drug-likeness (QED) is 0.155. The van der Waals surface area contributed by atoms with E-state index in [1.54, 1.807) is 31.7 Å². The predicted molar refractivity (Wildman–Crippen MR) is 190 cm³/mol. The zero-order valence-corrected chi connectivity index (χ0v) is 28.6. The second kappa shape index (κ2) is 17.5. The summed E-state index contributed by atoms with van der Waals surface area (Å²) in [5.41, 5.74) is 1.44. The fourth-order valence-electron chi connectivity index (χ4n) is 5.53. The minimum atomic E-state index is -0.943. The van der Waals surface area contributed by atoms with E-state index in [-0.39, 0.29) is 17.7 Å². The van der Waals surface area contributed by atoms with Gasteiger partial charge in [0.15, 0.2) is 0 Å². The Labute approximate surface area is 275 Å². The normalized spacial score (nSPS) is 13.3. The number of alkyl carbamates (subject to hydrolysis) is 1. The van der Waals surface area contributed by atoms with Crippen LogP contribution in [-0.4, -0.2) is 41.0 Å². The van der Waals surface area contributed by atoms with Crippen LogP contribution in [0.4, 0.5) is 10.5 Å². The number of fused-ring (bicyclic) bond motifs is 1. The van der Waals surface area contributed by atoms with Gasteiger partial charge in [0.05, 0.1) is 0 Å². The van der Waals surface area contributed by atoms with Gasteiger partial charge in [-0.1, -0.05) is 120 Å². The van der Waals surface area contributed by atoms with Crippen molar-refractivity contribution in [3.05, 3.63) is 84.4 Å². The number of unbranched alkanes of at least 4 members (excludes halogenated alkanes) is 5. The molecule has 0 spiro atoms. The van der Waals surface area contributed by atoms with Crippen molar-refractivity contribution < 1.29 is 19.1 Å². The number of benzene rings is 3. The topological polar surface area (TPSA) is 87.7 Å². The first-order valence-electron chi connectivity index (χ1n) is 16.8.